The molecule has 13 heteroatoms. The van der Waals surface area contributed by atoms with E-state index in [1.54, 1.807) is 19.1 Å². The molecular weight excluding hydrogens is 577 g/mol. The highest BCUT2D eigenvalue weighted by molar-refractivity contribution is 7.89. The molecule has 10 nitrogen and oxygen atoms in total. The molecule has 1 aliphatic rings. The van der Waals surface area contributed by atoms with E-state index < -0.39 is 39.0 Å². The van der Waals surface area contributed by atoms with Crippen LogP contribution in [0.2, 0.25) is 10.0 Å². The van der Waals surface area contributed by atoms with Crippen molar-refractivity contribution < 1.29 is 23.1 Å². The molecule has 0 saturated carbocycles. The smallest absolute Gasteiger partial charge is 0.260 e. The van der Waals surface area contributed by atoms with Crippen LogP contribution in [0.5, 0.6) is 0 Å². The van der Waals surface area contributed by atoms with Gasteiger partial charge in [-0.15, -0.1) is 0 Å². The third-order valence-electron chi connectivity index (χ3n) is 6.54. The molecule has 0 fully saturated rings. The van der Waals surface area contributed by atoms with Crippen LogP contribution in [-0.2, 0) is 31.6 Å². The molecule has 2 amide bonds. The molecule has 2 atom stereocenters. The number of benzene rings is 2. The minimum Gasteiger partial charge on any atom is -0.389 e. The lowest BCUT2D eigenvalue weighted by atomic mass is 9.91. The van der Waals surface area contributed by atoms with E-state index in [1.807, 2.05) is 31.2 Å². The van der Waals surface area contributed by atoms with Gasteiger partial charge in [0.15, 0.2) is 5.03 Å². The first-order valence-corrected chi connectivity index (χ1v) is 14.7. The standard InChI is InChI=1S/C27H31Cl2N5O5S/c1-16-6-8-18(9-7-16)13-27(5)24(36)33(21-11-19(28)10-20(29)12-21)25-30-14-22(34(25)27)40(38,39)32-17(2)23(35)31-15-26(3,4)37/h6-12,14,17,32,37H,13,15H2,1-5H3,(H,31,35)/t17-,27+/m0/s1. The first-order valence-electron chi connectivity index (χ1n) is 12.5. The summed E-state index contributed by atoms with van der Waals surface area (Å²) < 4.78 is 31.0. The zero-order valence-corrected chi connectivity index (χ0v) is 25.0. The van der Waals surface area contributed by atoms with Gasteiger partial charge < -0.3 is 10.4 Å². The number of aryl methyl sites for hydroxylation is 1. The van der Waals surface area contributed by atoms with E-state index in [4.69, 9.17) is 23.2 Å². The third kappa shape index (κ3) is 6.03. The van der Waals surface area contributed by atoms with Gasteiger partial charge in [-0.2, -0.15) is 4.72 Å². The fraction of sp³-hybridized carbons (Fsp3) is 0.370. The summed E-state index contributed by atoms with van der Waals surface area (Å²) in [7, 11) is -4.36. The van der Waals surface area contributed by atoms with Crippen LogP contribution in [0.1, 0.15) is 38.8 Å². The number of amides is 2. The highest BCUT2D eigenvalue weighted by atomic mass is 35.5. The second-order valence-electron chi connectivity index (χ2n) is 10.8. The van der Waals surface area contributed by atoms with Crippen molar-refractivity contribution in [3.63, 3.8) is 0 Å². The third-order valence-corrected chi connectivity index (χ3v) is 8.48. The van der Waals surface area contributed by atoms with Crippen molar-refractivity contribution in [2.75, 3.05) is 11.4 Å². The maximum absolute atomic E-state index is 14.1. The number of fused-ring (bicyclic) bond motifs is 1. The Bertz CT molecular complexity index is 1550. The molecule has 0 aliphatic carbocycles. The molecule has 40 heavy (non-hydrogen) atoms. The lowest BCUT2D eigenvalue weighted by molar-refractivity contribution is -0.124. The number of carbonyl (C=O) groups is 2. The monoisotopic (exact) mass is 607 g/mol. The topological polar surface area (TPSA) is 134 Å². The van der Waals surface area contributed by atoms with Gasteiger partial charge in [0.25, 0.3) is 15.9 Å². The number of nitrogens with one attached hydrogen (secondary N) is 2. The average molecular weight is 609 g/mol. The average Bonchev–Trinajstić information content (AvgIpc) is 3.36. The number of anilines is 2. The molecule has 4 rings (SSSR count). The minimum atomic E-state index is -4.36. The molecule has 2 aromatic carbocycles. The van der Waals surface area contributed by atoms with Gasteiger partial charge in [-0.3, -0.25) is 14.2 Å². The maximum atomic E-state index is 14.1. The lowest BCUT2D eigenvalue weighted by Gasteiger charge is -2.27. The Hall–Kier alpha value is -2.96. The van der Waals surface area contributed by atoms with Crippen LogP contribution in [0, 0.1) is 6.92 Å². The Morgan fingerprint density at radius 2 is 1.75 bits per heavy atom. The largest absolute Gasteiger partial charge is 0.389 e. The molecule has 0 unspecified atom stereocenters. The van der Waals surface area contributed by atoms with Crippen molar-refractivity contribution in [1.29, 1.82) is 0 Å². The summed E-state index contributed by atoms with van der Waals surface area (Å²) in [5.74, 6) is -0.986. The molecule has 214 valence electrons. The molecule has 0 radical (unpaired) electrons. The molecule has 2 heterocycles. The van der Waals surface area contributed by atoms with Crippen LogP contribution < -0.4 is 14.9 Å². The highest BCUT2D eigenvalue weighted by Gasteiger charge is 2.52. The Morgan fingerprint density at radius 3 is 2.33 bits per heavy atom. The number of carbonyl (C=O) groups excluding carboxylic acids is 2. The zero-order chi connectivity index (χ0) is 29.6. The van der Waals surface area contributed by atoms with Crippen LogP contribution in [0.15, 0.2) is 53.7 Å². The molecule has 3 N–H and O–H groups in total. The van der Waals surface area contributed by atoms with Gasteiger partial charge in [0.1, 0.15) is 5.54 Å². The molecule has 3 aromatic rings. The number of sulfonamides is 1. The van der Waals surface area contributed by atoms with Crippen molar-refractivity contribution in [3.05, 3.63) is 69.8 Å². The number of hydrogen-bond donors (Lipinski definition) is 3. The van der Waals surface area contributed by atoms with Crippen molar-refractivity contribution in [3.8, 4) is 0 Å². The van der Waals surface area contributed by atoms with E-state index >= 15 is 0 Å². The van der Waals surface area contributed by atoms with Gasteiger partial charge in [-0.25, -0.2) is 18.3 Å². The van der Waals surface area contributed by atoms with Gasteiger partial charge in [0.05, 0.1) is 23.5 Å². The SMILES string of the molecule is Cc1ccc(C[C@]2(C)C(=O)N(c3cc(Cl)cc(Cl)c3)c3ncc(S(=O)(=O)N[C@@H](C)C(=O)NCC(C)(C)O)n32)cc1. The second kappa shape index (κ2) is 10.8. The van der Waals surface area contributed by atoms with Crippen molar-refractivity contribution in [1.82, 2.24) is 19.6 Å². The Balaban J connectivity index is 1.78. The highest BCUT2D eigenvalue weighted by Crippen LogP contribution is 2.44. The van der Waals surface area contributed by atoms with Gasteiger partial charge in [-0.1, -0.05) is 53.0 Å². The van der Waals surface area contributed by atoms with Gasteiger partial charge >= 0.3 is 0 Å². The number of aromatic nitrogens is 2. The molecule has 0 spiro atoms. The Morgan fingerprint density at radius 1 is 1.15 bits per heavy atom. The fourth-order valence-corrected chi connectivity index (χ4v) is 6.45. The second-order valence-corrected chi connectivity index (χ2v) is 13.3. The van der Waals surface area contributed by atoms with E-state index in [-0.39, 0.29) is 23.9 Å². The number of imidazole rings is 1. The lowest BCUT2D eigenvalue weighted by Crippen LogP contribution is -2.49. The van der Waals surface area contributed by atoms with E-state index in [2.05, 4.69) is 15.0 Å². The quantitative estimate of drug-likeness (QED) is 0.340. The molecule has 0 bridgehead atoms. The van der Waals surface area contributed by atoms with Gasteiger partial charge in [-0.05, 0) is 58.4 Å². The van der Waals surface area contributed by atoms with Crippen molar-refractivity contribution in [2.45, 2.75) is 63.2 Å². The van der Waals surface area contributed by atoms with Crippen LogP contribution in [-0.4, -0.2) is 53.1 Å². The summed E-state index contributed by atoms with van der Waals surface area (Å²) in [5.41, 5.74) is -0.409. The Labute approximate surface area is 243 Å². The van der Waals surface area contributed by atoms with E-state index in [1.165, 1.54) is 36.3 Å². The number of rotatable bonds is 9. The first kappa shape index (κ1) is 30.0. The summed E-state index contributed by atoms with van der Waals surface area (Å²) in [6.07, 6.45) is 1.31. The Kier molecular flexibility index (Phi) is 8.09. The van der Waals surface area contributed by atoms with E-state index in [9.17, 15) is 23.1 Å². The normalized spacial score (nSPS) is 18.1. The number of hydrogen-bond acceptors (Lipinski definition) is 6. The molecular formula is C27H31Cl2N5O5S. The van der Waals surface area contributed by atoms with Crippen LogP contribution >= 0.6 is 23.2 Å². The summed E-state index contributed by atoms with van der Waals surface area (Å²) in [4.78, 5) is 32.3. The van der Waals surface area contributed by atoms with Crippen LogP contribution in [0.4, 0.5) is 11.6 Å². The molecule has 0 saturated heterocycles. The molecule has 1 aliphatic heterocycles. The predicted octanol–water partition coefficient (Wildman–Crippen LogP) is 3.69. The fourth-order valence-electron chi connectivity index (χ4n) is 4.53. The summed E-state index contributed by atoms with van der Waals surface area (Å²) in [6, 6.07) is 11.0. The summed E-state index contributed by atoms with van der Waals surface area (Å²) >= 11 is 12.5. The summed E-state index contributed by atoms with van der Waals surface area (Å²) in [6.45, 7) is 7.94. The first-order chi connectivity index (χ1) is 18.5. The molecule has 1 aromatic heterocycles. The van der Waals surface area contributed by atoms with Gasteiger partial charge in [0.2, 0.25) is 11.9 Å². The maximum Gasteiger partial charge on any atom is 0.260 e. The van der Waals surface area contributed by atoms with Crippen LogP contribution in [0.25, 0.3) is 0 Å². The van der Waals surface area contributed by atoms with E-state index in [0.717, 1.165) is 17.3 Å². The zero-order valence-electron chi connectivity index (χ0n) is 22.7. The van der Waals surface area contributed by atoms with E-state index in [0.29, 0.717) is 15.7 Å². The van der Waals surface area contributed by atoms with Crippen LogP contribution in [0.3, 0.4) is 0 Å². The number of nitrogens with zero attached hydrogens (tertiary/aromatic N) is 3. The van der Waals surface area contributed by atoms with Crippen molar-refractivity contribution >= 4 is 56.7 Å². The summed E-state index contributed by atoms with van der Waals surface area (Å²) in [5, 5.41) is 12.7. The van der Waals surface area contributed by atoms with Gasteiger partial charge in [0, 0.05) is 23.0 Å². The number of halogens is 2. The minimum absolute atomic E-state index is 0.0671. The number of aliphatic hydroxyl groups is 1. The van der Waals surface area contributed by atoms with Crippen molar-refractivity contribution in [2.24, 2.45) is 0 Å². The predicted molar refractivity (Wildman–Crippen MR) is 153 cm³/mol.